The Morgan fingerprint density at radius 2 is 2.02 bits per heavy atom. The monoisotopic (exact) mass is 604 g/mol. The third kappa shape index (κ3) is 4.72. The highest BCUT2D eigenvalue weighted by Gasteiger charge is 2.48. The maximum absolute atomic E-state index is 16.8. The number of nitrogens with two attached hydrogens (primary N) is 1. The van der Waals surface area contributed by atoms with Gasteiger partial charge in [0.2, 0.25) is 0 Å². The number of pyridine rings is 1. The Balaban J connectivity index is 1.39. The Kier molecular flexibility index (Phi) is 7.30. The summed E-state index contributed by atoms with van der Waals surface area (Å²) in [7, 11) is 0. The molecule has 9 nitrogen and oxygen atoms in total. The number of halogens is 2. The lowest BCUT2D eigenvalue weighted by Crippen LogP contribution is -2.43. The Bertz CT molecular complexity index is 1750. The highest BCUT2D eigenvalue weighted by atomic mass is 19.1. The quantitative estimate of drug-likeness (QED) is 0.279. The number of hydrogen-bond donors (Lipinski definition) is 3. The lowest BCUT2D eigenvalue weighted by molar-refractivity contribution is 0.107. The maximum atomic E-state index is 16.8. The zero-order chi connectivity index (χ0) is 30.7. The van der Waals surface area contributed by atoms with Crippen molar-refractivity contribution in [1.29, 1.82) is 0 Å². The van der Waals surface area contributed by atoms with Crippen molar-refractivity contribution in [1.82, 2.24) is 19.9 Å². The van der Waals surface area contributed by atoms with E-state index in [1.165, 1.54) is 24.4 Å². The molecule has 3 aliphatic rings. The molecule has 2 aromatic carbocycles. The number of aryl methyl sites for hydroxylation is 1. The molecule has 44 heavy (non-hydrogen) atoms. The topological polar surface area (TPSA) is 121 Å². The van der Waals surface area contributed by atoms with E-state index >= 15 is 4.39 Å². The van der Waals surface area contributed by atoms with Gasteiger partial charge in [0.1, 0.15) is 35.2 Å². The second-order valence-electron chi connectivity index (χ2n) is 12.8. The number of hydrogen-bond acceptors (Lipinski definition) is 9. The van der Waals surface area contributed by atoms with Crippen molar-refractivity contribution in [3.05, 3.63) is 47.7 Å². The third-order valence-electron chi connectivity index (χ3n) is 9.81. The van der Waals surface area contributed by atoms with Gasteiger partial charge in [0.25, 0.3) is 0 Å². The van der Waals surface area contributed by atoms with Gasteiger partial charge in [-0.15, -0.1) is 0 Å². The Labute approximate surface area is 254 Å². The van der Waals surface area contributed by atoms with Gasteiger partial charge in [0.05, 0.1) is 23.6 Å². The van der Waals surface area contributed by atoms with E-state index in [0.717, 1.165) is 32.4 Å². The van der Waals surface area contributed by atoms with Gasteiger partial charge in [-0.3, -0.25) is 9.88 Å². The number of aromatic nitrogens is 3. The average molecular weight is 605 g/mol. The molecule has 7 rings (SSSR count). The summed E-state index contributed by atoms with van der Waals surface area (Å²) in [4.78, 5) is 18.2. The molecule has 0 saturated carbocycles. The van der Waals surface area contributed by atoms with E-state index in [9.17, 15) is 14.6 Å². The lowest BCUT2D eigenvalue weighted by Gasteiger charge is -2.31. The zero-order valence-corrected chi connectivity index (χ0v) is 25.1. The first-order valence-electron chi connectivity index (χ1n) is 15.5. The molecule has 0 amide bonds. The van der Waals surface area contributed by atoms with Gasteiger partial charge in [0, 0.05) is 30.9 Å². The molecule has 0 aliphatic carbocycles. The number of phenolic OH excluding ortho intramolecular Hbond substituents is 1. The number of anilines is 1. The number of aliphatic hydroxyl groups is 1. The van der Waals surface area contributed by atoms with Crippen LogP contribution < -0.4 is 15.4 Å². The third-order valence-corrected chi connectivity index (χ3v) is 9.81. The van der Waals surface area contributed by atoms with E-state index in [2.05, 4.69) is 21.8 Å². The predicted molar refractivity (Wildman–Crippen MR) is 165 cm³/mol. The second-order valence-corrected chi connectivity index (χ2v) is 12.8. The van der Waals surface area contributed by atoms with Crippen LogP contribution in [0.1, 0.15) is 45.1 Å². The Morgan fingerprint density at radius 3 is 2.82 bits per heavy atom. The number of aromatic hydroxyl groups is 1. The van der Waals surface area contributed by atoms with Crippen LogP contribution in [0.5, 0.6) is 11.8 Å². The molecule has 232 valence electrons. The van der Waals surface area contributed by atoms with Crippen LogP contribution in [-0.2, 0) is 6.42 Å². The summed E-state index contributed by atoms with van der Waals surface area (Å²) in [6.45, 7) is 6.81. The molecule has 3 fully saturated rings. The lowest BCUT2D eigenvalue weighted by atomic mass is 9.92. The van der Waals surface area contributed by atoms with Crippen LogP contribution >= 0.6 is 0 Å². The highest BCUT2D eigenvalue weighted by molar-refractivity contribution is 6.01. The van der Waals surface area contributed by atoms with E-state index in [1.807, 2.05) is 11.8 Å². The van der Waals surface area contributed by atoms with E-state index in [1.54, 1.807) is 6.07 Å². The van der Waals surface area contributed by atoms with Crippen molar-refractivity contribution < 1.29 is 23.7 Å². The number of aliphatic hydroxyl groups excluding tert-OH is 1. The zero-order valence-electron chi connectivity index (χ0n) is 25.1. The fourth-order valence-electron chi connectivity index (χ4n) is 7.93. The molecular weight excluding hydrogens is 566 g/mol. The summed E-state index contributed by atoms with van der Waals surface area (Å²) in [5, 5.41) is 22.1. The summed E-state index contributed by atoms with van der Waals surface area (Å²) in [5.41, 5.74) is 6.81. The number of ether oxygens (including phenoxy) is 1. The fourth-order valence-corrected chi connectivity index (χ4v) is 7.93. The second kappa shape index (κ2) is 11.0. The highest BCUT2D eigenvalue weighted by Crippen LogP contribution is 2.43. The minimum atomic E-state index is -0.728. The van der Waals surface area contributed by atoms with Crippen LogP contribution in [0.25, 0.3) is 32.9 Å². The number of phenols is 1. The van der Waals surface area contributed by atoms with Crippen LogP contribution in [0, 0.1) is 17.6 Å². The Hall–Kier alpha value is -3.67. The molecule has 4 aromatic rings. The standard InChI is InChI=1S/C33H38F2N6O3/c1-3-23-26(34)6-5-19-9-22(43)11-24(27(19)23)29-28(35)30-25(13-37-29)31(41-15-20(36)10-21(41)16-42)39-32(38-30)44-17-33-7-4-8-40(33)14-18(2)12-33/h5-6,9,11,13,18,20-21,42-43H,3-4,7-8,10,12,14-17,36H2,1-2H3/t18-,20-,21+,33+/m1/s1. The van der Waals surface area contributed by atoms with Crippen molar-refractivity contribution in [3.63, 3.8) is 0 Å². The van der Waals surface area contributed by atoms with Gasteiger partial charge >= 0.3 is 6.01 Å². The van der Waals surface area contributed by atoms with E-state index in [4.69, 9.17) is 15.5 Å². The molecule has 4 atom stereocenters. The average Bonchev–Trinajstić information content (AvgIpc) is 3.67. The van der Waals surface area contributed by atoms with Gasteiger partial charge in [-0.25, -0.2) is 8.78 Å². The molecule has 0 bridgehead atoms. The molecule has 5 heterocycles. The summed E-state index contributed by atoms with van der Waals surface area (Å²) in [6.07, 6.45) is 5.57. The SMILES string of the molecule is CCc1c(F)ccc2cc(O)cc(-c3ncc4c(N5C[C@H](N)C[C@H]5CO)nc(OC[C@@]56CCCN5C[C@H](C)C6)nc4c3F)c12. The molecule has 0 spiro atoms. The van der Waals surface area contributed by atoms with Crippen LogP contribution in [0.2, 0.25) is 0 Å². The van der Waals surface area contributed by atoms with Gasteiger partial charge in [0.15, 0.2) is 5.82 Å². The van der Waals surface area contributed by atoms with Crippen molar-refractivity contribution in [2.45, 2.75) is 63.6 Å². The van der Waals surface area contributed by atoms with Gasteiger partial charge in [-0.05, 0) is 79.1 Å². The number of nitrogens with zero attached hydrogens (tertiary/aromatic N) is 5. The summed E-state index contributed by atoms with van der Waals surface area (Å²) in [6, 6.07) is 5.42. The number of rotatable bonds is 7. The minimum Gasteiger partial charge on any atom is -0.508 e. The van der Waals surface area contributed by atoms with E-state index < -0.39 is 11.6 Å². The largest absolute Gasteiger partial charge is 0.508 e. The van der Waals surface area contributed by atoms with Gasteiger partial charge in [-0.2, -0.15) is 9.97 Å². The van der Waals surface area contributed by atoms with Gasteiger partial charge < -0.3 is 25.6 Å². The molecule has 0 radical (unpaired) electrons. The van der Waals surface area contributed by atoms with Crippen molar-refractivity contribution in [2.75, 3.05) is 37.7 Å². The first-order chi connectivity index (χ1) is 21.2. The fraction of sp³-hybridized carbons (Fsp3) is 0.485. The Morgan fingerprint density at radius 1 is 1.18 bits per heavy atom. The summed E-state index contributed by atoms with van der Waals surface area (Å²) in [5.74, 6) is -0.261. The van der Waals surface area contributed by atoms with Crippen molar-refractivity contribution in [3.8, 4) is 23.0 Å². The first-order valence-corrected chi connectivity index (χ1v) is 15.5. The molecular formula is C33H38F2N6O3. The van der Waals surface area contributed by atoms with E-state index in [-0.39, 0.29) is 52.8 Å². The van der Waals surface area contributed by atoms with Crippen LogP contribution in [0.15, 0.2) is 30.5 Å². The normalized spacial score (nSPS) is 25.4. The summed E-state index contributed by atoms with van der Waals surface area (Å²) < 4.78 is 38.0. The van der Waals surface area contributed by atoms with Crippen molar-refractivity contribution >= 4 is 27.5 Å². The molecule has 4 N–H and O–H groups in total. The van der Waals surface area contributed by atoms with Crippen molar-refractivity contribution in [2.24, 2.45) is 11.7 Å². The number of benzene rings is 2. The van der Waals surface area contributed by atoms with Crippen LogP contribution in [0.4, 0.5) is 14.6 Å². The van der Waals surface area contributed by atoms with E-state index in [0.29, 0.717) is 59.5 Å². The number of fused-ring (bicyclic) bond motifs is 3. The first kappa shape index (κ1) is 29.1. The van der Waals surface area contributed by atoms with Gasteiger partial charge in [-0.1, -0.05) is 19.9 Å². The van der Waals surface area contributed by atoms with Crippen LogP contribution in [-0.4, -0.2) is 80.5 Å². The minimum absolute atomic E-state index is 0.00123. The summed E-state index contributed by atoms with van der Waals surface area (Å²) >= 11 is 0. The molecule has 3 aliphatic heterocycles. The molecule has 2 aromatic heterocycles. The smallest absolute Gasteiger partial charge is 0.319 e. The van der Waals surface area contributed by atoms with Crippen LogP contribution in [0.3, 0.4) is 0 Å². The molecule has 3 saturated heterocycles. The molecule has 11 heteroatoms. The predicted octanol–water partition coefficient (Wildman–Crippen LogP) is 4.54. The maximum Gasteiger partial charge on any atom is 0.319 e. The molecule has 0 unspecified atom stereocenters.